The number of ether oxygens (including phenoxy) is 1. The molecule has 7 nitrogen and oxygen atoms in total. The lowest BCUT2D eigenvalue weighted by Gasteiger charge is -2.28. The molecule has 0 atom stereocenters. The van der Waals surface area contributed by atoms with Gasteiger partial charge in [0.2, 0.25) is 5.95 Å². The van der Waals surface area contributed by atoms with E-state index >= 15 is 0 Å². The van der Waals surface area contributed by atoms with Crippen LogP contribution in [-0.4, -0.2) is 52.5 Å². The molecule has 1 saturated heterocycles. The van der Waals surface area contributed by atoms with E-state index in [1.807, 2.05) is 6.07 Å². The average molecular weight is 419 g/mol. The van der Waals surface area contributed by atoms with Gasteiger partial charge in [0.15, 0.2) is 5.65 Å². The molecule has 0 spiro atoms. The Morgan fingerprint density at radius 1 is 1.07 bits per heavy atom. The lowest BCUT2D eigenvalue weighted by Crippen LogP contribution is -2.36. The van der Waals surface area contributed by atoms with Crippen molar-refractivity contribution in [3.8, 4) is 11.3 Å². The van der Waals surface area contributed by atoms with Gasteiger partial charge in [-0.05, 0) is 42.7 Å². The van der Waals surface area contributed by atoms with E-state index in [0.29, 0.717) is 11.6 Å². The van der Waals surface area contributed by atoms with Crippen LogP contribution in [0.1, 0.15) is 0 Å². The lowest BCUT2D eigenvalue weighted by atomic mass is 10.1. The van der Waals surface area contributed by atoms with Gasteiger partial charge in [0.05, 0.1) is 19.5 Å². The van der Waals surface area contributed by atoms with Crippen molar-refractivity contribution < 1.29 is 4.74 Å². The number of hydrogen-bond acceptors (Lipinski definition) is 7. The predicted molar refractivity (Wildman–Crippen MR) is 122 cm³/mol. The molecule has 2 aromatic carbocycles. The molecule has 0 unspecified atom stereocenters. The molecule has 2 aromatic heterocycles. The molecule has 8 heteroatoms. The van der Waals surface area contributed by atoms with Crippen molar-refractivity contribution in [2.45, 2.75) is 4.90 Å². The second kappa shape index (κ2) is 8.33. The highest BCUT2D eigenvalue weighted by molar-refractivity contribution is 7.98. The van der Waals surface area contributed by atoms with Gasteiger partial charge in [-0.1, -0.05) is 12.1 Å². The van der Waals surface area contributed by atoms with Gasteiger partial charge in [0.1, 0.15) is 11.2 Å². The first-order chi connectivity index (χ1) is 14.8. The van der Waals surface area contributed by atoms with E-state index in [1.165, 1.54) is 10.6 Å². The molecule has 5 rings (SSSR count). The summed E-state index contributed by atoms with van der Waals surface area (Å²) in [4.78, 5) is 20.4. The van der Waals surface area contributed by atoms with Crippen LogP contribution in [0.3, 0.4) is 0 Å². The largest absolute Gasteiger partial charge is 0.378 e. The van der Waals surface area contributed by atoms with E-state index in [4.69, 9.17) is 9.72 Å². The Bertz CT molecular complexity index is 1150. The summed E-state index contributed by atoms with van der Waals surface area (Å²) in [5.41, 5.74) is 5.44. The maximum Gasteiger partial charge on any atom is 0.229 e. The van der Waals surface area contributed by atoms with E-state index in [0.717, 1.165) is 48.8 Å². The highest BCUT2D eigenvalue weighted by atomic mass is 32.2. The number of anilines is 3. The molecular weight excluding hydrogens is 396 g/mol. The molecule has 0 bridgehead atoms. The number of morpholine rings is 1. The van der Waals surface area contributed by atoms with E-state index in [2.05, 4.69) is 73.9 Å². The van der Waals surface area contributed by atoms with E-state index in [9.17, 15) is 0 Å². The summed E-state index contributed by atoms with van der Waals surface area (Å²) < 4.78 is 5.43. The van der Waals surface area contributed by atoms with Crippen LogP contribution in [0.25, 0.3) is 22.4 Å². The van der Waals surface area contributed by atoms with Crippen molar-refractivity contribution in [3.05, 3.63) is 54.9 Å². The maximum absolute atomic E-state index is 5.43. The van der Waals surface area contributed by atoms with Crippen molar-refractivity contribution in [1.82, 2.24) is 19.9 Å². The van der Waals surface area contributed by atoms with Crippen LogP contribution < -0.4 is 10.2 Å². The van der Waals surface area contributed by atoms with Crippen molar-refractivity contribution in [2.75, 3.05) is 42.8 Å². The number of thioether (sulfide) groups is 1. The Morgan fingerprint density at radius 2 is 1.90 bits per heavy atom. The Balaban J connectivity index is 1.44. The molecule has 30 heavy (non-hydrogen) atoms. The second-order valence-electron chi connectivity index (χ2n) is 7.00. The smallest absolute Gasteiger partial charge is 0.229 e. The van der Waals surface area contributed by atoms with E-state index in [1.54, 1.807) is 18.1 Å². The molecule has 0 radical (unpaired) electrons. The lowest BCUT2D eigenvalue weighted by molar-refractivity contribution is 0.122. The number of imidazole rings is 1. The quantitative estimate of drug-likeness (QED) is 0.467. The third kappa shape index (κ3) is 3.83. The number of nitrogens with one attached hydrogen (secondary N) is 2. The highest BCUT2D eigenvalue weighted by Gasteiger charge is 2.14. The van der Waals surface area contributed by atoms with Crippen molar-refractivity contribution >= 4 is 40.2 Å². The Hall–Kier alpha value is -3.10. The summed E-state index contributed by atoms with van der Waals surface area (Å²) in [5, 5.41) is 3.34. The number of aromatic amines is 1. The first kappa shape index (κ1) is 18.9. The third-order valence-corrected chi connectivity index (χ3v) is 5.85. The van der Waals surface area contributed by atoms with Gasteiger partial charge >= 0.3 is 0 Å². The van der Waals surface area contributed by atoms with Crippen molar-refractivity contribution in [3.63, 3.8) is 0 Å². The molecule has 152 valence electrons. The van der Waals surface area contributed by atoms with Gasteiger partial charge in [-0.2, -0.15) is 4.98 Å². The number of rotatable bonds is 5. The Morgan fingerprint density at radius 3 is 2.70 bits per heavy atom. The number of H-pyrrole nitrogens is 1. The van der Waals surface area contributed by atoms with Gasteiger partial charge in [0, 0.05) is 34.9 Å². The van der Waals surface area contributed by atoms with Crippen LogP contribution in [0.4, 0.5) is 17.3 Å². The summed E-state index contributed by atoms with van der Waals surface area (Å²) >= 11 is 1.71. The zero-order chi connectivity index (χ0) is 20.3. The molecule has 3 heterocycles. The number of aromatic nitrogens is 4. The number of fused-ring (bicyclic) bond motifs is 1. The fraction of sp³-hybridized carbons (Fsp3) is 0.227. The predicted octanol–water partition coefficient (Wildman–Crippen LogP) is 4.32. The minimum absolute atomic E-state index is 0.537. The van der Waals surface area contributed by atoms with Gasteiger partial charge in [0.25, 0.3) is 0 Å². The molecular formula is C22H22N6OS. The minimum Gasteiger partial charge on any atom is -0.378 e. The molecule has 1 aliphatic rings. The Labute approximate surface area is 178 Å². The molecule has 0 saturated carbocycles. The SMILES string of the molecule is CSc1cccc(-c2nc(Nc3ccc(N4CCOCC4)cc3)nc3[nH]cnc23)c1. The van der Waals surface area contributed by atoms with Crippen LogP contribution in [0.5, 0.6) is 0 Å². The standard InChI is InChI=1S/C22H22N6OS/c1-30-18-4-2-3-15(13-18)19-20-21(24-14-23-20)27-22(26-19)25-16-5-7-17(8-6-16)28-9-11-29-12-10-28/h2-8,13-14H,9-12H2,1H3,(H2,23,24,25,26,27). The van der Waals surface area contributed by atoms with Crippen LogP contribution in [-0.2, 0) is 4.74 Å². The van der Waals surface area contributed by atoms with Gasteiger partial charge in [-0.3, -0.25) is 0 Å². The molecule has 4 aromatic rings. The summed E-state index contributed by atoms with van der Waals surface area (Å²) in [7, 11) is 0. The monoisotopic (exact) mass is 418 g/mol. The summed E-state index contributed by atoms with van der Waals surface area (Å²) in [6.07, 6.45) is 3.72. The number of hydrogen-bond donors (Lipinski definition) is 2. The zero-order valence-electron chi connectivity index (χ0n) is 16.6. The summed E-state index contributed by atoms with van der Waals surface area (Å²) in [6.45, 7) is 3.40. The van der Waals surface area contributed by atoms with Gasteiger partial charge in [-0.15, -0.1) is 11.8 Å². The second-order valence-corrected chi connectivity index (χ2v) is 7.88. The highest BCUT2D eigenvalue weighted by Crippen LogP contribution is 2.29. The minimum atomic E-state index is 0.537. The zero-order valence-corrected chi connectivity index (χ0v) is 17.4. The van der Waals surface area contributed by atoms with Gasteiger partial charge < -0.3 is 19.9 Å². The summed E-state index contributed by atoms with van der Waals surface area (Å²) in [5.74, 6) is 0.537. The maximum atomic E-state index is 5.43. The molecule has 1 fully saturated rings. The fourth-order valence-corrected chi connectivity index (χ4v) is 4.03. The molecule has 0 amide bonds. The van der Waals surface area contributed by atoms with E-state index in [-0.39, 0.29) is 0 Å². The van der Waals surface area contributed by atoms with E-state index < -0.39 is 0 Å². The Kier molecular flexibility index (Phi) is 5.25. The van der Waals surface area contributed by atoms with Crippen LogP contribution in [0, 0.1) is 0 Å². The van der Waals surface area contributed by atoms with Crippen LogP contribution in [0.15, 0.2) is 59.8 Å². The number of nitrogens with zero attached hydrogens (tertiary/aromatic N) is 4. The molecule has 0 aliphatic carbocycles. The third-order valence-electron chi connectivity index (χ3n) is 5.12. The molecule has 2 N–H and O–H groups in total. The van der Waals surface area contributed by atoms with Crippen molar-refractivity contribution in [1.29, 1.82) is 0 Å². The van der Waals surface area contributed by atoms with Crippen LogP contribution >= 0.6 is 11.8 Å². The normalized spacial score (nSPS) is 14.2. The van der Waals surface area contributed by atoms with Crippen molar-refractivity contribution in [2.24, 2.45) is 0 Å². The van der Waals surface area contributed by atoms with Gasteiger partial charge in [-0.25, -0.2) is 9.97 Å². The summed E-state index contributed by atoms with van der Waals surface area (Å²) in [6, 6.07) is 16.7. The average Bonchev–Trinajstić information content (AvgIpc) is 3.28. The first-order valence-electron chi connectivity index (χ1n) is 9.85. The first-order valence-corrected chi connectivity index (χ1v) is 11.1. The fourth-order valence-electron chi connectivity index (χ4n) is 3.57. The molecule has 1 aliphatic heterocycles. The van der Waals surface area contributed by atoms with Crippen LogP contribution in [0.2, 0.25) is 0 Å². The number of benzene rings is 2. The topological polar surface area (TPSA) is 79.0 Å².